The number of aryl methyl sites for hydroxylation is 1. The first-order chi connectivity index (χ1) is 9.66. The van der Waals surface area contributed by atoms with Crippen LogP contribution in [0.2, 0.25) is 0 Å². The van der Waals surface area contributed by atoms with Crippen molar-refractivity contribution in [1.82, 2.24) is 15.1 Å². The highest BCUT2D eigenvalue weighted by Gasteiger charge is 2.09. The van der Waals surface area contributed by atoms with Crippen LogP contribution in [0, 0.1) is 5.82 Å². The molecule has 1 heterocycles. The molecule has 2 N–H and O–H groups in total. The number of hydrogen-bond donors (Lipinski definition) is 2. The predicted octanol–water partition coefficient (Wildman–Crippen LogP) is 1.90. The van der Waals surface area contributed by atoms with Crippen LogP contribution in [0.15, 0.2) is 36.7 Å². The van der Waals surface area contributed by atoms with Gasteiger partial charge in [0.25, 0.3) is 0 Å². The van der Waals surface area contributed by atoms with Crippen molar-refractivity contribution in [3.8, 4) is 0 Å². The molecular formula is C14H16FN3O2. The molecule has 0 radical (unpaired) electrons. The van der Waals surface area contributed by atoms with Crippen LogP contribution in [-0.2, 0) is 13.1 Å². The fourth-order valence-corrected chi connectivity index (χ4v) is 1.87. The van der Waals surface area contributed by atoms with E-state index in [1.807, 2.05) is 16.9 Å². The Labute approximate surface area is 116 Å². The Balaban J connectivity index is 1.74. The van der Waals surface area contributed by atoms with Crippen LogP contribution >= 0.6 is 0 Å². The molecule has 20 heavy (non-hydrogen) atoms. The molecule has 0 aliphatic rings. The molecule has 0 saturated heterocycles. The first-order valence-corrected chi connectivity index (χ1v) is 6.36. The fraction of sp³-hybridized carbons (Fsp3) is 0.286. The second kappa shape index (κ2) is 6.81. The van der Waals surface area contributed by atoms with Crippen molar-refractivity contribution < 1.29 is 14.3 Å². The highest BCUT2D eigenvalue weighted by molar-refractivity contribution is 5.87. The number of benzene rings is 1. The summed E-state index contributed by atoms with van der Waals surface area (Å²) in [7, 11) is 0. The van der Waals surface area contributed by atoms with Crippen LogP contribution in [0.1, 0.15) is 22.3 Å². The van der Waals surface area contributed by atoms with Gasteiger partial charge in [-0.1, -0.05) is 6.07 Å². The van der Waals surface area contributed by atoms with Gasteiger partial charge in [0.15, 0.2) is 0 Å². The number of hydrogen-bond acceptors (Lipinski definition) is 3. The summed E-state index contributed by atoms with van der Waals surface area (Å²) in [6.45, 7) is 2.12. The number of nitrogens with zero attached hydrogens (tertiary/aromatic N) is 2. The third-order valence-corrected chi connectivity index (χ3v) is 2.89. The molecule has 0 bridgehead atoms. The zero-order valence-electron chi connectivity index (χ0n) is 10.9. The zero-order valence-corrected chi connectivity index (χ0v) is 10.9. The smallest absolute Gasteiger partial charge is 0.338 e. The average molecular weight is 277 g/mol. The minimum Gasteiger partial charge on any atom is -0.478 e. The Morgan fingerprint density at radius 1 is 1.45 bits per heavy atom. The van der Waals surface area contributed by atoms with E-state index < -0.39 is 11.8 Å². The number of nitrogens with one attached hydrogen (secondary N) is 1. The lowest BCUT2D eigenvalue weighted by atomic mass is 10.1. The van der Waals surface area contributed by atoms with E-state index >= 15 is 0 Å². The first-order valence-electron chi connectivity index (χ1n) is 6.36. The maximum atomic E-state index is 13.4. The predicted molar refractivity (Wildman–Crippen MR) is 71.9 cm³/mol. The standard InChI is InChI=1S/C14H16FN3O2/c15-13-9-11(3-4-12(13)14(19)20)10-16-5-1-7-18-8-2-6-17-18/h2-4,6,8-9,16H,1,5,7,10H2,(H,19,20). The minimum atomic E-state index is -1.25. The van der Waals surface area contributed by atoms with E-state index in [4.69, 9.17) is 5.11 Å². The minimum absolute atomic E-state index is 0.299. The maximum Gasteiger partial charge on any atom is 0.338 e. The van der Waals surface area contributed by atoms with E-state index in [2.05, 4.69) is 10.4 Å². The Hall–Kier alpha value is -2.21. The van der Waals surface area contributed by atoms with E-state index in [0.29, 0.717) is 6.54 Å². The molecule has 0 unspecified atom stereocenters. The van der Waals surface area contributed by atoms with Crippen LogP contribution in [0.25, 0.3) is 0 Å². The summed E-state index contributed by atoms with van der Waals surface area (Å²) in [6.07, 6.45) is 4.55. The number of aromatic carboxylic acids is 1. The number of aromatic nitrogens is 2. The van der Waals surface area contributed by atoms with Crippen LogP contribution in [-0.4, -0.2) is 27.4 Å². The third-order valence-electron chi connectivity index (χ3n) is 2.89. The zero-order chi connectivity index (χ0) is 14.4. The highest BCUT2D eigenvalue weighted by atomic mass is 19.1. The lowest BCUT2D eigenvalue weighted by molar-refractivity contribution is 0.0692. The molecule has 1 aromatic carbocycles. The van der Waals surface area contributed by atoms with Gasteiger partial charge in [-0.2, -0.15) is 5.10 Å². The van der Waals surface area contributed by atoms with Gasteiger partial charge in [0.2, 0.25) is 0 Å². The SMILES string of the molecule is O=C(O)c1ccc(CNCCCn2cccn2)cc1F. The molecule has 0 amide bonds. The highest BCUT2D eigenvalue weighted by Crippen LogP contribution is 2.10. The van der Waals surface area contributed by atoms with Crippen LogP contribution < -0.4 is 5.32 Å². The molecule has 0 aliphatic carbocycles. The number of carboxylic acids is 1. The van der Waals surface area contributed by atoms with Gasteiger partial charge in [0, 0.05) is 25.5 Å². The van der Waals surface area contributed by atoms with E-state index in [-0.39, 0.29) is 5.56 Å². The first kappa shape index (κ1) is 14.2. The molecule has 0 atom stereocenters. The lowest BCUT2D eigenvalue weighted by Gasteiger charge is -2.06. The summed E-state index contributed by atoms with van der Waals surface area (Å²) in [6, 6.07) is 6.04. The van der Waals surface area contributed by atoms with Gasteiger partial charge in [-0.3, -0.25) is 4.68 Å². The van der Waals surface area contributed by atoms with Crippen LogP contribution in [0.5, 0.6) is 0 Å². The monoisotopic (exact) mass is 277 g/mol. The molecule has 2 aromatic rings. The second-order valence-electron chi connectivity index (χ2n) is 4.42. The van der Waals surface area contributed by atoms with Crippen LogP contribution in [0.4, 0.5) is 4.39 Å². The molecule has 0 saturated carbocycles. The lowest BCUT2D eigenvalue weighted by Crippen LogP contribution is -2.17. The summed E-state index contributed by atoms with van der Waals surface area (Å²) in [4.78, 5) is 10.7. The van der Waals surface area contributed by atoms with Crippen LogP contribution in [0.3, 0.4) is 0 Å². The van der Waals surface area contributed by atoms with Gasteiger partial charge >= 0.3 is 5.97 Å². The van der Waals surface area contributed by atoms with Crippen molar-refractivity contribution in [3.63, 3.8) is 0 Å². The van der Waals surface area contributed by atoms with Gasteiger partial charge in [-0.05, 0) is 36.7 Å². The van der Waals surface area contributed by atoms with E-state index in [1.54, 1.807) is 12.3 Å². The van der Waals surface area contributed by atoms with Gasteiger partial charge < -0.3 is 10.4 Å². The topological polar surface area (TPSA) is 67.2 Å². The van der Waals surface area contributed by atoms with Crippen molar-refractivity contribution in [2.24, 2.45) is 0 Å². The third kappa shape index (κ3) is 3.89. The van der Waals surface area contributed by atoms with Crippen molar-refractivity contribution >= 4 is 5.97 Å². The van der Waals surface area contributed by atoms with Crippen molar-refractivity contribution in [2.45, 2.75) is 19.5 Å². The Bertz CT molecular complexity index is 570. The largest absolute Gasteiger partial charge is 0.478 e. The second-order valence-corrected chi connectivity index (χ2v) is 4.42. The maximum absolute atomic E-state index is 13.4. The van der Waals surface area contributed by atoms with Crippen molar-refractivity contribution in [1.29, 1.82) is 0 Å². The number of carbonyl (C=O) groups is 1. The number of halogens is 1. The molecule has 6 heteroatoms. The Kier molecular flexibility index (Phi) is 4.84. The summed E-state index contributed by atoms with van der Waals surface area (Å²) in [5, 5.41) is 16.0. The molecule has 1 aromatic heterocycles. The Morgan fingerprint density at radius 3 is 2.95 bits per heavy atom. The quantitative estimate of drug-likeness (QED) is 0.759. The van der Waals surface area contributed by atoms with Crippen molar-refractivity contribution in [3.05, 3.63) is 53.6 Å². The van der Waals surface area contributed by atoms with Crippen molar-refractivity contribution in [2.75, 3.05) is 6.54 Å². The molecule has 106 valence electrons. The van der Waals surface area contributed by atoms with Gasteiger partial charge in [-0.25, -0.2) is 9.18 Å². The summed E-state index contributed by atoms with van der Waals surface area (Å²) in [5.41, 5.74) is 0.430. The normalized spacial score (nSPS) is 10.7. The molecule has 5 nitrogen and oxygen atoms in total. The summed E-state index contributed by atoms with van der Waals surface area (Å²) >= 11 is 0. The number of rotatable bonds is 7. The fourth-order valence-electron chi connectivity index (χ4n) is 1.87. The molecule has 0 aliphatic heterocycles. The summed E-state index contributed by atoms with van der Waals surface area (Å²) < 4.78 is 15.3. The van der Waals surface area contributed by atoms with E-state index in [9.17, 15) is 9.18 Å². The molecule has 0 spiro atoms. The molecule has 0 fully saturated rings. The van der Waals surface area contributed by atoms with Gasteiger partial charge in [0.05, 0.1) is 5.56 Å². The van der Waals surface area contributed by atoms with E-state index in [1.165, 1.54) is 12.1 Å². The summed E-state index contributed by atoms with van der Waals surface area (Å²) in [5.74, 6) is -1.95. The van der Waals surface area contributed by atoms with Gasteiger partial charge in [-0.15, -0.1) is 0 Å². The van der Waals surface area contributed by atoms with E-state index in [0.717, 1.165) is 25.1 Å². The van der Waals surface area contributed by atoms with Gasteiger partial charge in [0.1, 0.15) is 5.82 Å². The molecular weight excluding hydrogens is 261 g/mol. The average Bonchev–Trinajstić information content (AvgIpc) is 2.91. The Morgan fingerprint density at radius 2 is 2.30 bits per heavy atom. The number of carboxylic acid groups (broad SMARTS) is 1. The molecule has 2 rings (SSSR count).